The molecule has 1 aliphatic rings. The lowest BCUT2D eigenvalue weighted by Crippen LogP contribution is -2.12. The van der Waals surface area contributed by atoms with Gasteiger partial charge in [0.2, 0.25) is 5.82 Å². The molecule has 0 radical (unpaired) electrons. The number of benzene rings is 1. The van der Waals surface area contributed by atoms with Gasteiger partial charge in [-0.3, -0.25) is 4.79 Å². The van der Waals surface area contributed by atoms with E-state index < -0.39 is 5.91 Å². The molecule has 0 spiro atoms. The number of carbonyl (C=O) groups is 1. The van der Waals surface area contributed by atoms with Gasteiger partial charge in [0.05, 0.1) is 0 Å². The lowest BCUT2D eigenvalue weighted by Gasteiger charge is -2.04. The maximum atomic E-state index is 13.8. The predicted octanol–water partition coefficient (Wildman–Crippen LogP) is 1.51. The van der Waals surface area contributed by atoms with Crippen LogP contribution in [0, 0.1) is 5.82 Å². The Morgan fingerprint density at radius 2 is 2.21 bits per heavy atom. The third kappa shape index (κ3) is 2.47. The molecular formula is C13H13FN4O. The fourth-order valence-corrected chi connectivity index (χ4v) is 2.07. The molecule has 1 heterocycles. The smallest absolute Gasteiger partial charge is 0.286 e. The van der Waals surface area contributed by atoms with Crippen molar-refractivity contribution in [3.05, 3.63) is 46.8 Å². The largest absolute Gasteiger partial charge is 0.363 e. The van der Waals surface area contributed by atoms with Crippen molar-refractivity contribution in [2.45, 2.75) is 25.2 Å². The van der Waals surface area contributed by atoms with Gasteiger partial charge in [0.15, 0.2) is 0 Å². The molecule has 0 unspecified atom stereocenters. The van der Waals surface area contributed by atoms with Crippen LogP contribution < -0.4 is 5.73 Å². The molecule has 0 bridgehead atoms. The van der Waals surface area contributed by atoms with Gasteiger partial charge in [-0.1, -0.05) is 12.1 Å². The number of hydrogen-bond acceptors (Lipinski definition) is 3. The van der Waals surface area contributed by atoms with Gasteiger partial charge in [-0.25, -0.2) is 4.39 Å². The minimum Gasteiger partial charge on any atom is -0.363 e. The Bertz CT molecular complexity index is 633. The maximum Gasteiger partial charge on any atom is 0.286 e. The van der Waals surface area contributed by atoms with Gasteiger partial charge in [0.1, 0.15) is 11.6 Å². The van der Waals surface area contributed by atoms with Crippen LogP contribution in [-0.4, -0.2) is 21.1 Å². The third-order valence-electron chi connectivity index (χ3n) is 3.24. The van der Waals surface area contributed by atoms with Gasteiger partial charge < -0.3 is 10.7 Å². The number of H-pyrrole nitrogens is 1. The van der Waals surface area contributed by atoms with E-state index in [-0.39, 0.29) is 18.1 Å². The molecule has 1 amide bonds. The number of nitrogens with one attached hydrogen (secondary N) is 1. The molecule has 2 aromatic rings. The number of rotatable bonds is 4. The minimum absolute atomic E-state index is 0.00578. The maximum absolute atomic E-state index is 13.8. The number of amides is 1. The second-order valence-electron chi connectivity index (χ2n) is 4.79. The van der Waals surface area contributed by atoms with E-state index in [0.717, 1.165) is 5.56 Å². The van der Waals surface area contributed by atoms with Gasteiger partial charge in [-0.15, -0.1) is 10.2 Å². The molecule has 98 valence electrons. The molecule has 6 heteroatoms. The first kappa shape index (κ1) is 11.8. The first-order valence-corrected chi connectivity index (χ1v) is 6.13. The van der Waals surface area contributed by atoms with Crippen LogP contribution in [-0.2, 0) is 6.42 Å². The summed E-state index contributed by atoms with van der Waals surface area (Å²) in [7, 11) is 0. The second-order valence-corrected chi connectivity index (χ2v) is 4.79. The molecule has 3 N–H and O–H groups in total. The number of nitrogens with two attached hydrogens (primary N) is 1. The van der Waals surface area contributed by atoms with Crippen LogP contribution in [0.3, 0.4) is 0 Å². The van der Waals surface area contributed by atoms with Crippen molar-refractivity contribution in [1.82, 2.24) is 15.2 Å². The lowest BCUT2D eigenvalue weighted by molar-refractivity contribution is 0.0991. The Hall–Kier alpha value is -2.24. The van der Waals surface area contributed by atoms with Crippen LogP contribution in [0.25, 0.3) is 0 Å². The van der Waals surface area contributed by atoms with Gasteiger partial charge in [-0.2, -0.15) is 0 Å². The number of nitrogens with zero attached hydrogens (tertiary/aromatic N) is 2. The van der Waals surface area contributed by atoms with Crippen LogP contribution in [0.2, 0.25) is 0 Å². The molecule has 1 saturated carbocycles. The highest BCUT2D eigenvalue weighted by molar-refractivity contribution is 5.88. The lowest BCUT2D eigenvalue weighted by atomic mass is 10.0. The monoisotopic (exact) mass is 260 g/mol. The molecule has 0 aliphatic heterocycles. The summed E-state index contributed by atoms with van der Waals surface area (Å²) >= 11 is 0. The van der Waals surface area contributed by atoms with Crippen molar-refractivity contribution in [2.24, 2.45) is 5.73 Å². The standard InChI is InChI=1S/C13H13FN4O/c14-10-4-3-8(7-1-2-7)5-9(10)6-11-16-13(12(15)19)18-17-11/h3-5,7H,1-2,6H2,(H2,15,19)(H,16,17,18). The summed E-state index contributed by atoms with van der Waals surface area (Å²) in [5.74, 6) is 0.0389. The Kier molecular flexibility index (Phi) is 2.77. The average molecular weight is 260 g/mol. The number of aromatic nitrogens is 3. The van der Waals surface area contributed by atoms with E-state index in [2.05, 4.69) is 15.2 Å². The van der Waals surface area contributed by atoms with Crippen LogP contribution >= 0.6 is 0 Å². The number of primary amides is 1. The van der Waals surface area contributed by atoms with Crippen molar-refractivity contribution in [3.8, 4) is 0 Å². The van der Waals surface area contributed by atoms with Crippen molar-refractivity contribution in [3.63, 3.8) is 0 Å². The zero-order valence-corrected chi connectivity index (χ0v) is 10.2. The van der Waals surface area contributed by atoms with Gasteiger partial charge in [-0.05, 0) is 36.0 Å². The van der Waals surface area contributed by atoms with Crippen molar-refractivity contribution in [1.29, 1.82) is 0 Å². The SMILES string of the molecule is NC(=O)c1nnc(Cc2cc(C3CC3)ccc2F)[nH]1. The third-order valence-corrected chi connectivity index (χ3v) is 3.24. The van der Waals surface area contributed by atoms with Crippen molar-refractivity contribution in [2.75, 3.05) is 0 Å². The summed E-state index contributed by atoms with van der Waals surface area (Å²) in [5.41, 5.74) is 6.79. The van der Waals surface area contributed by atoms with E-state index in [4.69, 9.17) is 5.73 Å². The van der Waals surface area contributed by atoms with Crippen LogP contribution in [0.5, 0.6) is 0 Å². The normalized spacial score (nSPS) is 14.6. The highest BCUT2D eigenvalue weighted by atomic mass is 19.1. The Morgan fingerprint density at radius 3 is 2.84 bits per heavy atom. The Labute approximate surface area is 109 Å². The highest BCUT2D eigenvalue weighted by Gasteiger charge is 2.24. The molecule has 3 rings (SSSR count). The van der Waals surface area contributed by atoms with Crippen LogP contribution in [0.15, 0.2) is 18.2 Å². The highest BCUT2D eigenvalue weighted by Crippen LogP contribution is 2.40. The number of halogens is 1. The fourth-order valence-electron chi connectivity index (χ4n) is 2.07. The molecular weight excluding hydrogens is 247 g/mol. The molecule has 1 fully saturated rings. The molecule has 1 aliphatic carbocycles. The predicted molar refractivity (Wildman–Crippen MR) is 66.1 cm³/mol. The van der Waals surface area contributed by atoms with Gasteiger partial charge >= 0.3 is 0 Å². The van der Waals surface area contributed by atoms with Crippen LogP contribution in [0.4, 0.5) is 4.39 Å². The summed E-state index contributed by atoms with van der Waals surface area (Å²) in [6.07, 6.45) is 2.60. The quantitative estimate of drug-likeness (QED) is 0.873. The van der Waals surface area contributed by atoms with Gasteiger partial charge in [0.25, 0.3) is 5.91 Å². The van der Waals surface area contributed by atoms with Gasteiger partial charge in [0, 0.05) is 6.42 Å². The minimum atomic E-state index is -0.675. The summed E-state index contributed by atoms with van der Waals surface area (Å²) in [5, 5.41) is 7.40. The summed E-state index contributed by atoms with van der Waals surface area (Å²) in [4.78, 5) is 13.6. The molecule has 0 atom stereocenters. The number of hydrogen-bond donors (Lipinski definition) is 2. The first-order valence-electron chi connectivity index (χ1n) is 6.13. The molecule has 1 aromatic heterocycles. The zero-order valence-electron chi connectivity index (χ0n) is 10.2. The molecule has 5 nitrogen and oxygen atoms in total. The molecule has 19 heavy (non-hydrogen) atoms. The summed E-state index contributed by atoms with van der Waals surface area (Å²) in [6.45, 7) is 0. The van der Waals surface area contributed by atoms with Crippen LogP contribution in [0.1, 0.15) is 46.3 Å². The number of carbonyl (C=O) groups excluding carboxylic acids is 1. The van der Waals surface area contributed by atoms with E-state index >= 15 is 0 Å². The van der Waals surface area contributed by atoms with E-state index in [1.165, 1.54) is 18.9 Å². The second kappa shape index (κ2) is 4.46. The van der Waals surface area contributed by atoms with E-state index in [0.29, 0.717) is 17.3 Å². The van der Waals surface area contributed by atoms with Crippen molar-refractivity contribution < 1.29 is 9.18 Å². The van der Waals surface area contributed by atoms with E-state index in [1.807, 2.05) is 12.1 Å². The zero-order chi connectivity index (χ0) is 13.4. The average Bonchev–Trinajstić information content (AvgIpc) is 3.12. The van der Waals surface area contributed by atoms with E-state index in [1.54, 1.807) is 0 Å². The topological polar surface area (TPSA) is 84.7 Å². The Morgan fingerprint density at radius 1 is 1.42 bits per heavy atom. The van der Waals surface area contributed by atoms with E-state index in [9.17, 15) is 9.18 Å². The summed E-state index contributed by atoms with van der Waals surface area (Å²) in [6, 6.07) is 5.17. The Balaban J connectivity index is 1.84. The molecule has 1 aromatic carbocycles. The fraction of sp³-hybridized carbons (Fsp3) is 0.308. The number of aromatic amines is 1. The summed E-state index contributed by atoms with van der Waals surface area (Å²) < 4.78 is 13.8. The van der Waals surface area contributed by atoms with Crippen molar-refractivity contribution >= 4 is 5.91 Å². The first-order chi connectivity index (χ1) is 9.13. The molecule has 0 saturated heterocycles.